The minimum absolute atomic E-state index is 0.278. The molecule has 1 aromatic heterocycles. The molecule has 0 saturated carbocycles. The Balaban J connectivity index is 1.54. The third-order valence-electron chi connectivity index (χ3n) is 4.92. The first-order valence-electron chi connectivity index (χ1n) is 9.28. The fourth-order valence-electron chi connectivity index (χ4n) is 3.51. The molecule has 1 N–H and O–H groups in total. The number of aromatic nitrogens is 1. The number of halogens is 4. The van der Waals surface area contributed by atoms with Crippen molar-refractivity contribution in [2.75, 3.05) is 11.9 Å². The van der Waals surface area contributed by atoms with Gasteiger partial charge >= 0.3 is 12.2 Å². The average molecular weight is 435 g/mol. The van der Waals surface area contributed by atoms with Crippen LogP contribution >= 0.6 is 11.3 Å². The van der Waals surface area contributed by atoms with Crippen LogP contribution in [0.5, 0.6) is 0 Å². The minimum atomic E-state index is -4.57. The van der Waals surface area contributed by atoms with Crippen LogP contribution in [0.25, 0.3) is 11.3 Å². The molecule has 3 aromatic rings. The van der Waals surface area contributed by atoms with Crippen LogP contribution in [0.3, 0.4) is 0 Å². The van der Waals surface area contributed by atoms with E-state index in [4.69, 9.17) is 0 Å². The highest BCUT2D eigenvalue weighted by molar-refractivity contribution is 7.10. The molecule has 2 heterocycles. The Hall–Kier alpha value is -2.94. The van der Waals surface area contributed by atoms with Crippen molar-refractivity contribution in [3.8, 4) is 11.3 Å². The predicted molar refractivity (Wildman–Crippen MR) is 107 cm³/mol. The fraction of sp³-hybridized carbons (Fsp3) is 0.238. The number of urea groups is 1. The standard InChI is InChI=1S/C21H17F4N3OS/c22-14-6-3-5-13(11-14)17-12-30-19(26-17)18-9-4-10-28(18)20(29)27-16-8-2-1-7-15(16)21(23,24)25/h1-3,5-8,11-12,18H,4,9-10H2,(H,27,29)/t18-/m0/s1. The molecule has 1 fully saturated rings. The number of anilines is 1. The van der Waals surface area contributed by atoms with E-state index in [1.807, 2.05) is 0 Å². The van der Waals surface area contributed by atoms with Gasteiger partial charge in [0, 0.05) is 17.5 Å². The molecular formula is C21H17F4N3OS. The first-order chi connectivity index (χ1) is 14.3. The van der Waals surface area contributed by atoms with Crippen molar-refractivity contribution >= 4 is 23.1 Å². The van der Waals surface area contributed by atoms with E-state index in [-0.39, 0.29) is 17.5 Å². The van der Waals surface area contributed by atoms with E-state index in [0.717, 1.165) is 6.07 Å². The summed E-state index contributed by atoms with van der Waals surface area (Å²) >= 11 is 1.35. The summed E-state index contributed by atoms with van der Waals surface area (Å²) in [6.07, 6.45) is -3.19. The number of rotatable bonds is 3. The highest BCUT2D eigenvalue weighted by Crippen LogP contribution is 2.38. The number of nitrogens with one attached hydrogen (secondary N) is 1. The Morgan fingerprint density at radius 3 is 2.73 bits per heavy atom. The van der Waals surface area contributed by atoms with Crippen molar-refractivity contribution in [2.45, 2.75) is 25.1 Å². The molecule has 1 aliphatic rings. The van der Waals surface area contributed by atoms with Gasteiger partial charge in [-0.05, 0) is 37.1 Å². The molecule has 0 bridgehead atoms. The van der Waals surface area contributed by atoms with Gasteiger partial charge in [0.25, 0.3) is 0 Å². The molecule has 30 heavy (non-hydrogen) atoms. The highest BCUT2D eigenvalue weighted by Gasteiger charge is 2.36. The molecule has 4 rings (SSSR count). The second-order valence-electron chi connectivity index (χ2n) is 6.91. The summed E-state index contributed by atoms with van der Waals surface area (Å²) in [5.74, 6) is -0.368. The lowest BCUT2D eigenvalue weighted by molar-refractivity contribution is -0.136. The van der Waals surface area contributed by atoms with Gasteiger partial charge in [0.1, 0.15) is 10.8 Å². The molecule has 9 heteroatoms. The lowest BCUT2D eigenvalue weighted by Gasteiger charge is -2.24. The topological polar surface area (TPSA) is 45.2 Å². The summed E-state index contributed by atoms with van der Waals surface area (Å²) in [5, 5.41) is 4.86. The van der Waals surface area contributed by atoms with Gasteiger partial charge in [-0.2, -0.15) is 13.2 Å². The molecule has 156 valence electrons. The van der Waals surface area contributed by atoms with Gasteiger partial charge in [-0.25, -0.2) is 14.2 Å². The molecule has 0 spiro atoms. The molecule has 1 saturated heterocycles. The number of benzene rings is 2. The van der Waals surface area contributed by atoms with Crippen LogP contribution in [0.2, 0.25) is 0 Å². The SMILES string of the molecule is O=C(Nc1ccccc1C(F)(F)F)N1CCC[C@H]1c1nc(-c2cccc(F)c2)cs1. The Morgan fingerprint density at radius 2 is 1.97 bits per heavy atom. The van der Waals surface area contributed by atoms with Gasteiger partial charge in [-0.1, -0.05) is 24.3 Å². The lowest BCUT2D eigenvalue weighted by Crippen LogP contribution is -2.35. The van der Waals surface area contributed by atoms with E-state index >= 15 is 0 Å². The Labute approximate surface area is 174 Å². The quantitative estimate of drug-likeness (QED) is 0.488. The third kappa shape index (κ3) is 4.16. The molecule has 4 nitrogen and oxygen atoms in total. The van der Waals surface area contributed by atoms with Crippen molar-refractivity contribution in [3.63, 3.8) is 0 Å². The maximum Gasteiger partial charge on any atom is 0.418 e. The summed E-state index contributed by atoms with van der Waals surface area (Å²) < 4.78 is 53.1. The zero-order valence-corrected chi connectivity index (χ0v) is 16.4. The summed E-state index contributed by atoms with van der Waals surface area (Å²) in [6.45, 7) is 0.416. The van der Waals surface area contributed by atoms with E-state index in [1.165, 1.54) is 46.6 Å². The van der Waals surface area contributed by atoms with E-state index in [2.05, 4.69) is 10.3 Å². The van der Waals surface area contributed by atoms with Crippen molar-refractivity contribution in [1.29, 1.82) is 0 Å². The number of hydrogen-bond donors (Lipinski definition) is 1. The predicted octanol–water partition coefficient (Wildman–Crippen LogP) is 6.34. The molecule has 2 amide bonds. The van der Waals surface area contributed by atoms with Gasteiger partial charge < -0.3 is 10.2 Å². The summed E-state index contributed by atoms with van der Waals surface area (Å²) in [5.41, 5.74) is 0.0618. The molecule has 0 unspecified atom stereocenters. The number of amides is 2. The smallest absolute Gasteiger partial charge is 0.315 e. The number of thiazole rings is 1. The highest BCUT2D eigenvalue weighted by atomic mass is 32.1. The van der Waals surface area contributed by atoms with Crippen LogP contribution in [0.1, 0.15) is 29.5 Å². The number of nitrogens with zero attached hydrogens (tertiary/aromatic N) is 2. The lowest BCUT2D eigenvalue weighted by atomic mass is 10.1. The van der Waals surface area contributed by atoms with Gasteiger partial charge in [0.15, 0.2) is 0 Å². The van der Waals surface area contributed by atoms with Crippen molar-refractivity contribution < 1.29 is 22.4 Å². The van der Waals surface area contributed by atoms with Crippen LogP contribution in [0.4, 0.5) is 28.0 Å². The van der Waals surface area contributed by atoms with Gasteiger partial charge in [0.05, 0.1) is 23.0 Å². The molecular weight excluding hydrogens is 418 g/mol. The van der Waals surface area contributed by atoms with Crippen LogP contribution < -0.4 is 5.32 Å². The second kappa shape index (κ2) is 8.06. The van der Waals surface area contributed by atoms with Crippen LogP contribution in [0, 0.1) is 5.82 Å². The first kappa shape index (κ1) is 20.3. The maximum atomic E-state index is 13.5. The number of hydrogen-bond acceptors (Lipinski definition) is 3. The van der Waals surface area contributed by atoms with Crippen LogP contribution in [0.15, 0.2) is 53.9 Å². The van der Waals surface area contributed by atoms with E-state index in [0.29, 0.717) is 35.7 Å². The van der Waals surface area contributed by atoms with E-state index in [1.54, 1.807) is 17.5 Å². The van der Waals surface area contributed by atoms with E-state index < -0.39 is 17.8 Å². The average Bonchev–Trinajstić information content (AvgIpc) is 3.37. The van der Waals surface area contributed by atoms with Crippen LogP contribution in [-0.4, -0.2) is 22.5 Å². The fourth-order valence-corrected chi connectivity index (χ4v) is 4.49. The zero-order valence-electron chi connectivity index (χ0n) is 15.6. The molecule has 0 radical (unpaired) electrons. The second-order valence-corrected chi connectivity index (χ2v) is 7.80. The van der Waals surface area contributed by atoms with Gasteiger partial charge in [-0.3, -0.25) is 0 Å². The summed E-state index contributed by atoms with van der Waals surface area (Å²) in [6, 6.07) is 10.0. The Bertz CT molecular complexity index is 1070. The molecule has 1 atom stereocenters. The number of carbonyl (C=O) groups excluding carboxylic acids is 1. The van der Waals surface area contributed by atoms with Crippen molar-refractivity contribution in [1.82, 2.24) is 9.88 Å². The number of alkyl halides is 3. The normalized spacial score (nSPS) is 16.7. The maximum absolute atomic E-state index is 13.5. The molecule has 2 aromatic carbocycles. The zero-order chi connectivity index (χ0) is 21.3. The largest absolute Gasteiger partial charge is 0.418 e. The summed E-state index contributed by atoms with van der Waals surface area (Å²) in [7, 11) is 0. The Morgan fingerprint density at radius 1 is 1.17 bits per heavy atom. The number of likely N-dealkylation sites (tertiary alicyclic amines) is 1. The van der Waals surface area contributed by atoms with E-state index in [9.17, 15) is 22.4 Å². The number of carbonyl (C=O) groups is 1. The minimum Gasteiger partial charge on any atom is -0.315 e. The van der Waals surface area contributed by atoms with Crippen molar-refractivity contribution in [2.24, 2.45) is 0 Å². The first-order valence-corrected chi connectivity index (χ1v) is 10.2. The van der Waals surface area contributed by atoms with Gasteiger partial charge in [0.2, 0.25) is 0 Å². The molecule has 1 aliphatic heterocycles. The van der Waals surface area contributed by atoms with Crippen LogP contribution in [-0.2, 0) is 6.18 Å². The van der Waals surface area contributed by atoms with Gasteiger partial charge in [-0.15, -0.1) is 11.3 Å². The third-order valence-corrected chi connectivity index (χ3v) is 5.86. The van der Waals surface area contributed by atoms with Crippen molar-refractivity contribution in [3.05, 3.63) is 70.3 Å². The summed E-state index contributed by atoms with van der Waals surface area (Å²) in [4.78, 5) is 18.8. The number of para-hydroxylation sites is 1. The Kier molecular flexibility index (Phi) is 5.46. The monoisotopic (exact) mass is 435 g/mol. The molecule has 0 aliphatic carbocycles.